The van der Waals surface area contributed by atoms with Gasteiger partial charge in [-0.2, -0.15) is 0 Å². The molecule has 0 fully saturated rings. The topological polar surface area (TPSA) is 92.7 Å². The van der Waals surface area contributed by atoms with Crippen LogP contribution in [0.25, 0.3) is 10.2 Å². The minimum atomic E-state index is 0.0198. The first-order chi connectivity index (χ1) is 20.9. The molecule has 43 heavy (non-hydrogen) atoms. The minimum Gasteiger partial charge on any atom is -0.455 e. The molecule has 10 heteroatoms. The summed E-state index contributed by atoms with van der Waals surface area (Å²) in [5.41, 5.74) is 4.06. The summed E-state index contributed by atoms with van der Waals surface area (Å²) in [6.07, 6.45) is 12.9. The van der Waals surface area contributed by atoms with Crippen LogP contribution in [-0.2, 0) is 22.5 Å². The van der Waals surface area contributed by atoms with Crippen LogP contribution in [-0.4, -0.2) is 70.1 Å². The van der Waals surface area contributed by atoms with Gasteiger partial charge in [-0.05, 0) is 68.3 Å². The smallest absolute Gasteiger partial charge is 0.246 e. The lowest BCUT2D eigenvalue weighted by Gasteiger charge is -2.26. The second kappa shape index (κ2) is 14.2. The Balaban J connectivity index is 1.24. The first-order valence-corrected chi connectivity index (χ1v) is 15.2. The SMILES string of the molecule is C#CCOCCN(CC)C/C=C/C(=O)N1CCc2c(sc3ncnc(Nc4ccc(Oc5ccc(C)nc5)c(C)c4)c23)C1. The standard InChI is InChI=1S/C33H36N6O3S/c1-5-17-41-18-16-38(6-2)14-7-8-30(40)39-15-13-27-29(21-39)43-33-31(27)32(35-22-36-33)37-25-10-12-28(23(3)19-25)42-26-11-9-24(4)34-20-26/h1,7-12,19-20,22H,6,13-18,21H2,2-4H3,(H,35,36,37)/b8-7+. The van der Waals surface area contributed by atoms with E-state index < -0.39 is 0 Å². The molecule has 1 amide bonds. The van der Waals surface area contributed by atoms with Crippen LogP contribution in [0, 0.1) is 26.2 Å². The molecule has 1 aliphatic heterocycles. The maximum Gasteiger partial charge on any atom is 0.246 e. The highest BCUT2D eigenvalue weighted by molar-refractivity contribution is 7.19. The van der Waals surface area contributed by atoms with Gasteiger partial charge >= 0.3 is 0 Å². The molecule has 5 rings (SSSR count). The van der Waals surface area contributed by atoms with Gasteiger partial charge in [0, 0.05) is 42.0 Å². The predicted octanol–water partition coefficient (Wildman–Crippen LogP) is 5.65. The Morgan fingerprint density at radius 3 is 2.88 bits per heavy atom. The maximum absolute atomic E-state index is 13.0. The number of anilines is 2. The number of aryl methyl sites for hydroxylation is 2. The average molecular weight is 597 g/mol. The number of hydrogen-bond donors (Lipinski definition) is 1. The summed E-state index contributed by atoms with van der Waals surface area (Å²) in [4.78, 5) is 32.6. The maximum atomic E-state index is 13.0. The highest BCUT2D eigenvalue weighted by Gasteiger charge is 2.25. The lowest BCUT2D eigenvalue weighted by atomic mass is 10.0. The van der Waals surface area contributed by atoms with E-state index in [2.05, 4.69) is 38.0 Å². The number of fused-ring (bicyclic) bond motifs is 3. The van der Waals surface area contributed by atoms with Crippen molar-refractivity contribution in [3.05, 3.63) is 76.7 Å². The molecule has 3 aromatic heterocycles. The van der Waals surface area contributed by atoms with E-state index >= 15 is 0 Å². The van der Waals surface area contributed by atoms with Crippen LogP contribution in [0.5, 0.6) is 11.5 Å². The number of nitrogens with one attached hydrogen (secondary N) is 1. The van der Waals surface area contributed by atoms with Gasteiger partial charge in [0.1, 0.15) is 35.1 Å². The second-order valence-electron chi connectivity index (χ2n) is 10.3. The molecule has 1 aromatic carbocycles. The number of amides is 1. The van der Waals surface area contributed by atoms with E-state index in [1.165, 1.54) is 5.56 Å². The van der Waals surface area contributed by atoms with Crippen LogP contribution in [0.2, 0.25) is 0 Å². The van der Waals surface area contributed by atoms with Gasteiger partial charge in [0.05, 0.1) is 24.7 Å². The normalized spacial score (nSPS) is 13.0. The molecule has 4 aromatic rings. The quantitative estimate of drug-likeness (QED) is 0.127. The number of hydrogen-bond acceptors (Lipinski definition) is 9. The number of ether oxygens (including phenoxy) is 2. The Hall–Kier alpha value is -4.30. The average Bonchev–Trinajstić information content (AvgIpc) is 3.39. The number of carbonyl (C=O) groups is 1. The van der Waals surface area contributed by atoms with Gasteiger partial charge in [-0.15, -0.1) is 17.8 Å². The van der Waals surface area contributed by atoms with Gasteiger partial charge in [0.2, 0.25) is 5.91 Å². The molecule has 0 spiro atoms. The van der Waals surface area contributed by atoms with Crippen LogP contribution in [0.3, 0.4) is 0 Å². The summed E-state index contributed by atoms with van der Waals surface area (Å²) in [5.74, 6) is 4.73. The van der Waals surface area contributed by atoms with E-state index in [1.807, 2.05) is 55.2 Å². The molecule has 222 valence electrons. The Labute approximate surface area is 256 Å². The molecule has 0 atom stereocenters. The van der Waals surface area contributed by atoms with E-state index in [4.69, 9.17) is 15.9 Å². The van der Waals surface area contributed by atoms with E-state index in [0.717, 1.165) is 63.1 Å². The molecular weight excluding hydrogens is 560 g/mol. The lowest BCUT2D eigenvalue weighted by molar-refractivity contribution is -0.126. The number of benzene rings is 1. The van der Waals surface area contributed by atoms with E-state index in [9.17, 15) is 4.79 Å². The fourth-order valence-electron chi connectivity index (χ4n) is 4.94. The van der Waals surface area contributed by atoms with Crippen molar-refractivity contribution in [1.82, 2.24) is 24.8 Å². The van der Waals surface area contributed by atoms with Crippen LogP contribution in [0.15, 0.2) is 55.0 Å². The van der Waals surface area contributed by atoms with Gasteiger partial charge < -0.3 is 19.7 Å². The van der Waals surface area contributed by atoms with Crippen LogP contribution < -0.4 is 10.1 Å². The molecule has 0 saturated carbocycles. The first kappa shape index (κ1) is 30.2. The van der Waals surface area contributed by atoms with E-state index in [-0.39, 0.29) is 5.91 Å². The van der Waals surface area contributed by atoms with Gasteiger partial charge in [0.15, 0.2) is 0 Å². The van der Waals surface area contributed by atoms with Crippen molar-refractivity contribution in [1.29, 1.82) is 0 Å². The molecule has 0 aliphatic carbocycles. The van der Waals surface area contributed by atoms with E-state index in [0.29, 0.717) is 38.6 Å². The summed E-state index contributed by atoms with van der Waals surface area (Å²) < 4.78 is 11.4. The summed E-state index contributed by atoms with van der Waals surface area (Å²) >= 11 is 1.63. The highest BCUT2D eigenvalue weighted by atomic mass is 32.1. The van der Waals surface area contributed by atoms with Crippen LogP contribution in [0.4, 0.5) is 11.5 Å². The van der Waals surface area contributed by atoms with Crippen molar-refractivity contribution in [2.45, 2.75) is 33.7 Å². The van der Waals surface area contributed by atoms with Crippen molar-refractivity contribution in [3.63, 3.8) is 0 Å². The monoisotopic (exact) mass is 596 g/mol. The van der Waals surface area contributed by atoms with Gasteiger partial charge in [0.25, 0.3) is 0 Å². The summed E-state index contributed by atoms with van der Waals surface area (Å²) in [6, 6.07) is 9.81. The Morgan fingerprint density at radius 2 is 2.12 bits per heavy atom. The third-order valence-corrected chi connectivity index (χ3v) is 8.43. The second-order valence-corrected chi connectivity index (χ2v) is 11.4. The number of aromatic nitrogens is 3. The molecule has 1 aliphatic rings. The van der Waals surface area contributed by atoms with Crippen molar-refractivity contribution < 1.29 is 14.3 Å². The zero-order valence-corrected chi connectivity index (χ0v) is 25.6. The highest BCUT2D eigenvalue weighted by Crippen LogP contribution is 2.38. The summed E-state index contributed by atoms with van der Waals surface area (Å²) in [6.45, 7) is 10.5. The van der Waals surface area contributed by atoms with Crippen LogP contribution >= 0.6 is 11.3 Å². The molecule has 0 radical (unpaired) electrons. The number of thiophene rings is 1. The summed E-state index contributed by atoms with van der Waals surface area (Å²) in [7, 11) is 0. The zero-order valence-electron chi connectivity index (χ0n) is 24.8. The molecule has 9 nitrogen and oxygen atoms in total. The van der Waals surface area contributed by atoms with Gasteiger partial charge in [-0.25, -0.2) is 9.97 Å². The minimum absolute atomic E-state index is 0.0198. The van der Waals surface area contributed by atoms with Crippen LogP contribution in [0.1, 0.15) is 28.6 Å². The number of carbonyl (C=O) groups excluding carboxylic acids is 1. The van der Waals surface area contributed by atoms with E-state index in [1.54, 1.807) is 29.9 Å². The fraction of sp³-hybridized carbons (Fsp3) is 0.333. The molecule has 0 saturated heterocycles. The Kier molecular flexibility index (Phi) is 10.00. The number of rotatable bonds is 12. The van der Waals surface area contributed by atoms with Crippen molar-refractivity contribution >= 4 is 39.0 Å². The third-order valence-electron chi connectivity index (χ3n) is 7.31. The summed E-state index contributed by atoms with van der Waals surface area (Å²) in [5, 5.41) is 4.52. The Bertz CT molecular complexity index is 1640. The van der Waals surface area contributed by atoms with Crippen molar-refractivity contribution in [3.8, 4) is 23.8 Å². The van der Waals surface area contributed by atoms with Crippen molar-refractivity contribution in [2.24, 2.45) is 0 Å². The fourth-order valence-corrected chi connectivity index (χ4v) is 6.14. The Morgan fingerprint density at radius 1 is 1.23 bits per heavy atom. The number of likely N-dealkylation sites (N-methyl/N-ethyl adjacent to an activating group) is 1. The van der Waals surface area contributed by atoms with Crippen molar-refractivity contribution in [2.75, 3.05) is 44.7 Å². The van der Waals surface area contributed by atoms with Gasteiger partial charge in [-0.3, -0.25) is 14.7 Å². The molecule has 1 N–H and O–H groups in total. The number of nitrogens with zero attached hydrogens (tertiary/aromatic N) is 5. The molecule has 0 unspecified atom stereocenters. The largest absolute Gasteiger partial charge is 0.455 e. The number of terminal acetylenes is 1. The molecule has 0 bridgehead atoms. The number of pyridine rings is 1. The molecular formula is C33H36N6O3S. The molecule has 4 heterocycles. The zero-order chi connectivity index (χ0) is 30.2. The predicted molar refractivity (Wildman–Crippen MR) is 171 cm³/mol. The van der Waals surface area contributed by atoms with Gasteiger partial charge in [-0.1, -0.05) is 18.9 Å². The first-order valence-electron chi connectivity index (χ1n) is 14.4. The lowest BCUT2D eigenvalue weighted by Crippen LogP contribution is -2.34. The third kappa shape index (κ3) is 7.56.